The van der Waals surface area contributed by atoms with Crippen molar-refractivity contribution in [1.82, 2.24) is 4.90 Å². The molecular formula is C12H10F2N2O. The van der Waals surface area contributed by atoms with Gasteiger partial charge < -0.3 is 4.90 Å². The molecule has 1 fully saturated rings. The highest BCUT2D eigenvalue weighted by molar-refractivity contribution is 6.02. The first kappa shape index (κ1) is 10.4. The summed E-state index contributed by atoms with van der Waals surface area (Å²) in [6, 6.07) is 6.22. The molecule has 0 radical (unpaired) electrons. The van der Waals surface area contributed by atoms with Gasteiger partial charge in [0, 0.05) is 12.6 Å². The first-order valence-electron chi connectivity index (χ1n) is 5.39. The number of hydrogen-bond acceptors (Lipinski definition) is 2. The van der Waals surface area contributed by atoms with Gasteiger partial charge in [0.15, 0.2) is 0 Å². The molecule has 1 aromatic carbocycles. The first-order chi connectivity index (χ1) is 8.07. The van der Waals surface area contributed by atoms with E-state index in [1.165, 1.54) is 11.1 Å². The lowest BCUT2D eigenvalue weighted by molar-refractivity contribution is 0.0119. The van der Waals surface area contributed by atoms with Crippen LogP contribution in [-0.4, -0.2) is 35.5 Å². The molecule has 1 atom stereocenters. The van der Waals surface area contributed by atoms with Crippen molar-refractivity contribution in [2.45, 2.75) is 18.4 Å². The number of amides is 1. The van der Waals surface area contributed by atoms with Crippen LogP contribution in [-0.2, 0) is 0 Å². The number of para-hydroxylation sites is 1. The highest BCUT2D eigenvalue weighted by Crippen LogP contribution is 2.35. The van der Waals surface area contributed by atoms with E-state index < -0.39 is 18.5 Å². The van der Waals surface area contributed by atoms with Gasteiger partial charge in [-0.1, -0.05) is 12.1 Å². The average molecular weight is 236 g/mol. The van der Waals surface area contributed by atoms with Crippen molar-refractivity contribution < 1.29 is 13.6 Å². The summed E-state index contributed by atoms with van der Waals surface area (Å²) < 4.78 is 26.5. The van der Waals surface area contributed by atoms with Crippen molar-refractivity contribution in [1.29, 1.82) is 0 Å². The number of alkyl halides is 2. The normalized spacial score (nSPS) is 25.4. The third kappa shape index (κ3) is 1.62. The molecule has 0 aromatic heterocycles. The Morgan fingerprint density at radius 1 is 1.35 bits per heavy atom. The average Bonchev–Trinajstić information content (AvgIpc) is 2.55. The second kappa shape index (κ2) is 3.35. The van der Waals surface area contributed by atoms with Crippen LogP contribution in [0.25, 0.3) is 0 Å². The molecule has 5 heteroatoms. The van der Waals surface area contributed by atoms with Crippen LogP contribution in [0.2, 0.25) is 0 Å². The van der Waals surface area contributed by atoms with Crippen LogP contribution in [0, 0.1) is 0 Å². The van der Waals surface area contributed by atoms with Gasteiger partial charge in [-0.15, -0.1) is 0 Å². The molecular weight excluding hydrogens is 226 g/mol. The summed E-state index contributed by atoms with van der Waals surface area (Å²) in [4.78, 5) is 17.4. The Balaban J connectivity index is 2.06. The van der Waals surface area contributed by atoms with E-state index in [2.05, 4.69) is 4.99 Å². The molecule has 2 heterocycles. The second-order valence-electron chi connectivity index (χ2n) is 4.36. The molecule has 0 bridgehead atoms. The molecule has 3 nitrogen and oxygen atoms in total. The van der Waals surface area contributed by atoms with Crippen molar-refractivity contribution in [2.75, 3.05) is 6.54 Å². The zero-order chi connectivity index (χ0) is 12.0. The van der Waals surface area contributed by atoms with Crippen molar-refractivity contribution in [3.05, 3.63) is 29.8 Å². The standard InChI is InChI=1S/C12H10F2N2O/c13-12(14)5-8-6-15-10-4-2-1-3-9(10)11(17)16(8)7-12/h1-4,6,8H,5,7H2/t8-/m0/s1. The molecule has 2 aliphatic heterocycles. The fourth-order valence-electron chi connectivity index (χ4n) is 2.29. The predicted molar refractivity (Wildman–Crippen MR) is 59.0 cm³/mol. The van der Waals surface area contributed by atoms with Gasteiger partial charge in [-0.05, 0) is 12.1 Å². The first-order valence-corrected chi connectivity index (χ1v) is 5.39. The van der Waals surface area contributed by atoms with E-state index in [0.29, 0.717) is 11.3 Å². The maximum Gasteiger partial charge on any atom is 0.267 e. The van der Waals surface area contributed by atoms with E-state index >= 15 is 0 Å². The highest BCUT2D eigenvalue weighted by Gasteiger charge is 2.47. The SMILES string of the molecule is O=C1c2ccccc2N=C[C@@H]2CC(F)(F)CN12. The molecule has 88 valence electrons. The van der Waals surface area contributed by atoms with Gasteiger partial charge in [0.1, 0.15) is 0 Å². The quantitative estimate of drug-likeness (QED) is 0.680. The zero-order valence-electron chi connectivity index (χ0n) is 8.94. The maximum atomic E-state index is 13.3. The van der Waals surface area contributed by atoms with Crippen LogP contribution in [0.3, 0.4) is 0 Å². The molecule has 17 heavy (non-hydrogen) atoms. The van der Waals surface area contributed by atoms with E-state index in [9.17, 15) is 13.6 Å². The van der Waals surface area contributed by atoms with Crippen molar-refractivity contribution >= 4 is 17.8 Å². The minimum Gasteiger partial charge on any atom is -0.324 e. The molecule has 0 spiro atoms. The van der Waals surface area contributed by atoms with Crippen molar-refractivity contribution in [2.24, 2.45) is 4.99 Å². The molecule has 1 amide bonds. The Bertz CT molecular complexity index is 513. The summed E-state index contributed by atoms with van der Waals surface area (Å²) in [6.07, 6.45) is 1.11. The minimum absolute atomic E-state index is 0.337. The van der Waals surface area contributed by atoms with E-state index in [4.69, 9.17) is 0 Å². The predicted octanol–water partition coefficient (Wildman–Crippen LogP) is 2.25. The Morgan fingerprint density at radius 2 is 2.12 bits per heavy atom. The fourth-order valence-corrected chi connectivity index (χ4v) is 2.29. The lowest BCUT2D eigenvalue weighted by Gasteiger charge is -2.19. The number of aliphatic imine (C=N–C) groups is 1. The molecule has 0 saturated carbocycles. The minimum atomic E-state index is -2.81. The van der Waals surface area contributed by atoms with E-state index in [0.717, 1.165) is 0 Å². The van der Waals surface area contributed by atoms with Gasteiger partial charge in [-0.2, -0.15) is 0 Å². The largest absolute Gasteiger partial charge is 0.324 e. The van der Waals surface area contributed by atoms with E-state index in [1.54, 1.807) is 24.3 Å². The van der Waals surface area contributed by atoms with Crippen LogP contribution in [0.1, 0.15) is 16.8 Å². The number of carbonyl (C=O) groups excluding carboxylic acids is 1. The third-order valence-electron chi connectivity index (χ3n) is 3.09. The van der Waals surface area contributed by atoms with Gasteiger partial charge in [0.2, 0.25) is 0 Å². The summed E-state index contributed by atoms with van der Waals surface area (Å²) in [5, 5.41) is 0. The lowest BCUT2D eigenvalue weighted by Crippen LogP contribution is -2.36. The maximum absolute atomic E-state index is 13.3. The summed E-state index contributed by atoms with van der Waals surface area (Å²) in [5.74, 6) is -3.17. The monoisotopic (exact) mass is 236 g/mol. The van der Waals surface area contributed by atoms with E-state index in [1.807, 2.05) is 0 Å². The Morgan fingerprint density at radius 3 is 2.94 bits per heavy atom. The zero-order valence-corrected chi connectivity index (χ0v) is 8.94. The molecule has 1 aromatic rings. The topological polar surface area (TPSA) is 32.7 Å². The molecule has 0 unspecified atom stereocenters. The summed E-state index contributed by atoms with van der Waals surface area (Å²) in [7, 11) is 0. The number of halogens is 2. The van der Waals surface area contributed by atoms with Crippen LogP contribution >= 0.6 is 0 Å². The third-order valence-corrected chi connectivity index (χ3v) is 3.09. The molecule has 0 aliphatic carbocycles. The van der Waals surface area contributed by atoms with E-state index in [-0.39, 0.29) is 12.3 Å². The fraction of sp³-hybridized carbons (Fsp3) is 0.333. The number of fused-ring (bicyclic) bond motifs is 2. The summed E-state index contributed by atoms with van der Waals surface area (Å²) in [5.41, 5.74) is 0.944. The number of hydrogen-bond donors (Lipinski definition) is 0. The smallest absolute Gasteiger partial charge is 0.267 e. The molecule has 1 saturated heterocycles. The molecule has 0 N–H and O–H groups in total. The Kier molecular flexibility index (Phi) is 2.05. The van der Waals surface area contributed by atoms with Gasteiger partial charge in [-0.25, -0.2) is 8.78 Å². The number of benzene rings is 1. The van der Waals surface area contributed by atoms with Crippen LogP contribution < -0.4 is 0 Å². The van der Waals surface area contributed by atoms with Gasteiger partial charge in [0.05, 0.1) is 23.8 Å². The summed E-state index contributed by atoms with van der Waals surface area (Å²) >= 11 is 0. The van der Waals surface area contributed by atoms with Crippen LogP contribution in [0.15, 0.2) is 29.3 Å². The van der Waals surface area contributed by atoms with Gasteiger partial charge in [0.25, 0.3) is 11.8 Å². The number of carbonyl (C=O) groups is 1. The van der Waals surface area contributed by atoms with Crippen molar-refractivity contribution in [3.63, 3.8) is 0 Å². The van der Waals surface area contributed by atoms with Crippen LogP contribution in [0.4, 0.5) is 14.5 Å². The Labute approximate surface area is 96.8 Å². The van der Waals surface area contributed by atoms with Gasteiger partial charge >= 0.3 is 0 Å². The molecule has 2 aliphatic rings. The summed E-state index contributed by atoms with van der Waals surface area (Å²) in [6.45, 7) is -0.517. The van der Waals surface area contributed by atoms with Crippen molar-refractivity contribution in [3.8, 4) is 0 Å². The number of nitrogens with zero attached hydrogens (tertiary/aromatic N) is 2. The van der Waals surface area contributed by atoms with Crippen LogP contribution in [0.5, 0.6) is 0 Å². The Hall–Kier alpha value is -1.78. The molecule has 3 rings (SSSR count). The second-order valence-corrected chi connectivity index (χ2v) is 4.36. The lowest BCUT2D eigenvalue weighted by atomic mass is 10.1. The highest BCUT2D eigenvalue weighted by atomic mass is 19.3. The van der Waals surface area contributed by atoms with Gasteiger partial charge in [-0.3, -0.25) is 9.79 Å². The number of rotatable bonds is 0.